The second kappa shape index (κ2) is 6.89. The molecule has 1 unspecified atom stereocenters. The molecule has 1 atom stereocenters. The average Bonchev–Trinajstić information content (AvgIpc) is 2.00. The first-order chi connectivity index (χ1) is 6.02. The van der Waals surface area contributed by atoms with E-state index in [-0.39, 0.29) is 12.5 Å². The van der Waals surface area contributed by atoms with E-state index in [1.807, 2.05) is 13.8 Å². The molecule has 0 aromatic heterocycles. The van der Waals surface area contributed by atoms with E-state index in [9.17, 15) is 4.79 Å². The van der Waals surface area contributed by atoms with Gasteiger partial charge in [-0.15, -0.1) is 0 Å². The lowest BCUT2D eigenvalue weighted by molar-refractivity contribution is -0.137. The van der Waals surface area contributed by atoms with E-state index in [1.54, 1.807) is 0 Å². The topological polar surface area (TPSA) is 46.5 Å². The number of hydrogen-bond donors (Lipinski definition) is 1. The first-order valence-corrected chi connectivity index (χ1v) is 4.85. The van der Waals surface area contributed by atoms with Crippen LogP contribution < -0.4 is 0 Å². The average molecular weight is 188 g/mol. The summed E-state index contributed by atoms with van der Waals surface area (Å²) in [6.45, 7) is 6.80. The number of aliphatic carboxylic acids is 1. The summed E-state index contributed by atoms with van der Waals surface area (Å²) in [7, 11) is 0. The molecule has 3 nitrogen and oxygen atoms in total. The molecule has 0 aromatic carbocycles. The molecule has 0 spiro atoms. The molecule has 0 aliphatic carbocycles. The number of carboxylic acid groups (broad SMARTS) is 1. The molecule has 13 heavy (non-hydrogen) atoms. The van der Waals surface area contributed by atoms with Gasteiger partial charge in [0.2, 0.25) is 0 Å². The summed E-state index contributed by atoms with van der Waals surface area (Å²) in [5.41, 5.74) is 0. The van der Waals surface area contributed by atoms with Crippen molar-refractivity contribution in [3.63, 3.8) is 0 Å². The molecular weight excluding hydrogens is 168 g/mol. The van der Waals surface area contributed by atoms with E-state index in [1.165, 1.54) is 0 Å². The summed E-state index contributed by atoms with van der Waals surface area (Å²) in [6.07, 6.45) is 2.23. The molecule has 0 saturated carbocycles. The second-order valence-electron chi connectivity index (χ2n) is 3.75. The van der Waals surface area contributed by atoms with Crippen LogP contribution >= 0.6 is 0 Å². The Kier molecular flexibility index (Phi) is 6.59. The van der Waals surface area contributed by atoms with Crippen LogP contribution in [0.1, 0.15) is 40.0 Å². The summed E-state index contributed by atoms with van der Waals surface area (Å²) in [4.78, 5) is 10.3. The van der Waals surface area contributed by atoms with Gasteiger partial charge in [-0.1, -0.05) is 6.92 Å². The van der Waals surface area contributed by atoms with Crippen LogP contribution in [-0.4, -0.2) is 23.8 Å². The van der Waals surface area contributed by atoms with Crippen LogP contribution in [0.25, 0.3) is 0 Å². The van der Waals surface area contributed by atoms with Crippen molar-refractivity contribution in [2.45, 2.75) is 46.1 Å². The predicted molar refractivity (Wildman–Crippen MR) is 51.7 cm³/mol. The largest absolute Gasteiger partial charge is 0.481 e. The van der Waals surface area contributed by atoms with Crippen molar-refractivity contribution in [2.75, 3.05) is 6.61 Å². The van der Waals surface area contributed by atoms with Crippen molar-refractivity contribution in [3.05, 3.63) is 0 Å². The fourth-order valence-electron chi connectivity index (χ4n) is 1.02. The van der Waals surface area contributed by atoms with Gasteiger partial charge >= 0.3 is 5.97 Å². The minimum absolute atomic E-state index is 0.267. The minimum atomic E-state index is -0.711. The van der Waals surface area contributed by atoms with Crippen molar-refractivity contribution < 1.29 is 14.6 Å². The van der Waals surface area contributed by atoms with Gasteiger partial charge in [0, 0.05) is 13.0 Å². The van der Waals surface area contributed by atoms with Crippen LogP contribution in [0.4, 0.5) is 0 Å². The monoisotopic (exact) mass is 188 g/mol. The molecule has 0 amide bonds. The van der Waals surface area contributed by atoms with E-state index < -0.39 is 5.97 Å². The van der Waals surface area contributed by atoms with Gasteiger partial charge in [-0.05, 0) is 32.6 Å². The molecule has 1 N–H and O–H groups in total. The second-order valence-corrected chi connectivity index (χ2v) is 3.75. The molecule has 78 valence electrons. The van der Waals surface area contributed by atoms with E-state index in [4.69, 9.17) is 9.84 Å². The van der Waals surface area contributed by atoms with Crippen molar-refractivity contribution in [3.8, 4) is 0 Å². The van der Waals surface area contributed by atoms with Crippen molar-refractivity contribution in [1.82, 2.24) is 0 Å². The molecule has 0 bridgehead atoms. The highest BCUT2D eigenvalue weighted by Crippen LogP contribution is 2.10. The van der Waals surface area contributed by atoms with Gasteiger partial charge in [-0.3, -0.25) is 4.79 Å². The normalized spacial score (nSPS) is 13.2. The zero-order chi connectivity index (χ0) is 10.3. The highest BCUT2D eigenvalue weighted by molar-refractivity contribution is 5.66. The summed E-state index contributed by atoms with van der Waals surface area (Å²) in [5.74, 6) is -0.272. The van der Waals surface area contributed by atoms with Crippen molar-refractivity contribution in [1.29, 1.82) is 0 Å². The van der Waals surface area contributed by atoms with Crippen LogP contribution in [-0.2, 0) is 9.53 Å². The van der Waals surface area contributed by atoms with E-state index in [0.717, 1.165) is 19.4 Å². The summed E-state index contributed by atoms with van der Waals surface area (Å²) in [6, 6.07) is 0. The van der Waals surface area contributed by atoms with Crippen molar-refractivity contribution >= 4 is 5.97 Å². The summed E-state index contributed by atoms with van der Waals surface area (Å²) >= 11 is 0. The van der Waals surface area contributed by atoms with Gasteiger partial charge in [0.05, 0.1) is 6.10 Å². The zero-order valence-electron chi connectivity index (χ0n) is 8.75. The molecule has 0 heterocycles. The quantitative estimate of drug-likeness (QED) is 0.666. The lowest BCUT2D eigenvalue weighted by Crippen LogP contribution is -2.08. The maximum Gasteiger partial charge on any atom is 0.303 e. The van der Waals surface area contributed by atoms with Gasteiger partial charge in [-0.25, -0.2) is 0 Å². The molecule has 0 fully saturated rings. The Morgan fingerprint density at radius 3 is 2.38 bits per heavy atom. The molecule has 0 aromatic rings. The van der Waals surface area contributed by atoms with Gasteiger partial charge in [-0.2, -0.15) is 0 Å². The summed E-state index contributed by atoms with van der Waals surface area (Å²) in [5, 5.41) is 8.44. The van der Waals surface area contributed by atoms with E-state index in [2.05, 4.69) is 6.92 Å². The van der Waals surface area contributed by atoms with E-state index in [0.29, 0.717) is 5.92 Å². The third-order valence-corrected chi connectivity index (χ3v) is 1.91. The Bertz CT molecular complexity index is 143. The highest BCUT2D eigenvalue weighted by Gasteiger charge is 2.05. The third-order valence-electron chi connectivity index (χ3n) is 1.91. The van der Waals surface area contributed by atoms with Crippen LogP contribution in [0.2, 0.25) is 0 Å². The fraction of sp³-hybridized carbons (Fsp3) is 0.900. The molecule has 0 aliphatic rings. The zero-order valence-corrected chi connectivity index (χ0v) is 8.75. The van der Waals surface area contributed by atoms with Crippen LogP contribution in [0.3, 0.4) is 0 Å². The van der Waals surface area contributed by atoms with Gasteiger partial charge < -0.3 is 9.84 Å². The van der Waals surface area contributed by atoms with E-state index >= 15 is 0 Å². The molecule has 0 radical (unpaired) electrons. The maximum absolute atomic E-state index is 10.3. The lowest BCUT2D eigenvalue weighted by atomic mass is 10.0. The molecule has 0 aliphatic heterocycles. The highest BCUT2D eigenvalue weighted by atomic mass is 16.5. The van der Waals surface area contributed by atoms with Gasteiger partial charge in [0.15, 0.2) is 0 Å². The maximum atomic E-state index is 10.3. The van der Waals surface area contributed by atoms with Crippen LogP contribution in [0, 0.1) is 5.92 Å². The number of rotatable bonds is 7. The first kappa shape index (κ1) is 12.4. The number of carboxylic acids is 1. The lowest BCUT2D eigenvalue weighted by Gasteiger charge is -2.11. The standard InChI is InChI=1S/C10H20O3/c1-8(2)13-7-6-9(3)4-5-10(11)12/h8-9H,4-7H2,1-3H3,(H,11,12). The Morgan fingerprint density at radius 1 is 1.31 bits per heavy atom. The fourth-order valence-corrected chi connectivity index (χ4v) is 1.02. The minimum Gasteiger partial charge on any atom is -0.481 e. The Labute approximate surface area is 80.1 Å². The Morgan fingerprint density at radius 2 is 1.92 bits per heavy atom. The number of ether oxygens (including phenoxy) is 1. The summed E-state index contributed by atoms with van der Waals surface area (Å²) < 4.78 is 5.37. The van der Waals surface area contributed by atoms with Gasteiger partial charge in [0.25, 0.3) is 0 Å². The third kappa shape index (κ3) is 9.34. The van der Waals surface area contributed by atoms with Crippen LogP contribution in [0.15, 0.2) is 0 Å². The molecule has 0 saturated heterocycles. The SMILES string of the molecule is CC(CCOC(C)C)CCC(=O)O. The Balaban J connectivity index is 3.30. The number of hydrogen-bond acceptors (Lipinski definition) is 2. The first-order valence-electron chi connectivity index (χ1n) is 4.85. The molecular formula is C10H20O3. The van der Waals surface area contributed by atoms with Crippen molar-refractivity contribution in [2.24, 2.45) is 5.92 Å². The van der Waals surface area contributed by atoms with Crippen LogP contribution in [0.5, 0.6) is 0 Å². The predicted octanol–water partition coefficient (Wildman–Crippen LogP) is 2.30. The van der Waals surface area contributed by atoms with Gasteiger partial charge in [0.1, 0.15) is 0 Å². The Hall–Kier alpha value is -0.570. The molecule has 3 heteroatoms. The molecule has 0 rings (SSSR count). The smallest absolute Gasteiger partial charge is 0.303 e. The number of carbonyl (C=O) groups is 1.